The highest BCUT2D eigenvalue weighted by atomic mass is 35.5. The van der Waals surface area contributed by atoms with Crippen LogP contribution in [0.3, 0.4) is 0 Å². The molecule has 0 fully saturated rings. The number of methoxy groups -OCH3 is 1. The minimum absolute atomic E-state index is 0.125. The van der Waals surface area contributed by atoms with Gasteiger partial charge in [-0.25, -0.2) is 4.98 Å². The summed E-state index contributed by atoms with van der Waals surface area (Å²) in [5.74, 6) is 1.41. The molecule has 0 amide bonds. The minimum atomic E-state index is -0.390. The van der Waals surface area contributed by atoms with Gasteiger partial charge in [0.15, 0.2) is 0 Å². The van der Waals surface area contributed by atoms with E-state index in [0.29, 0.717) is 27.7 Å². The molecule has 0 radical (unpaired) electrons. The summed E-state index contributed by atoms with van der Waals surface area (Å²) in [4.78, 5) is 8.76. The van der Waals surface area contributed by atoms with Crippen LogP contribution in [0.1, 0.15) is 22.7 Å². The molecule has 2 aromatic heterocycles. The van der Waals surface area contributed by atoms with E-state index in [-0.39, 0.29) is 11.8 Å². The largest absolute Gasteiger partial charge is 0.505 e. The molecule has 146 valence electrons. The molecule has 0 bridgehead atoms. The third-order valence-corrected chi connectivity index (χ3v) is 5.10. The molecule has 29 heavy (non-hydrogen) atoms. The minimum Gasteiger partial charge on any atom is -0.505 e. The number of phenols is 1. The van der Waals surface area contributed by atoms with E-state index in [1.807, 2.05) is 61.5 Å². The SMILES string of the molecule is COc1ccc(C(Nc2cc(C)ccn2)c2ccc3cccnc3c2O)cc1Cl. The summed E-state index contributed by atoms with van der Waals surface area (Å²) in [6, 6.07) is 16.7. The molecule has 2 heterocycles. The summed E-state index contributed by atoms with van der Waals surface area (Å²) < 4.78 is 5.28. The number of aromatic nitrogens is 2. The van der Waals surface area contributed by atoms with Crippen LogP contribution in [-0.4, -0.2) is 22.2 Å². The van der Waals surface area contributed by atoms with Gasteiger partial charge in [-0.1, -0.05) is 35.9 Å². The second kappa shape index (κ2) is 7.97. The molecule has 2 N–H and O–H groups in total. The Morgan fingerprint density at radius 1 is 1.03 bits per heavy atom. The maximum Gasteiger partial charge on any atom is 0.147 e. The van der Waals surface area contributed by atoms with E-state index in [2.05, 4.69) is 15.3 Å². The lowest BCUT2D eigenvalue weighted by Crippen LogP contribution is -2.14. The van der Waals surface area contributed by atoms with Crippen molar-refractivity contribution in [3.63, 3.8) is 0 Å². The van der Waals surface area contributed by atoms with Crippen molar-refractivity contribution in [2.24, 2.45) is 0 Å². The number of benzene rings is 2. The molecule has 4 aromatic rings. The zero-order valence-corrected chi connectivity index (χ0v) is 16.8. The standard InChI is InChI=1S/C23H20ClN3O2/c1-14-9-11-25-20(12-14)27-21(16-6-8-19(29-2)18(24)13-16)17-7-5-15-4-3-10-26-22(15)23(17)28/h3-13,21,28H,1-2H3,(H,25,27). The molecule has 0 aliphatic rings. The highest BCUT2D eigenvalue weighted by Crippen LogP contribution is 2.38. The Labute approximate surface area is 174 Å². The van der Waals surface area contributed by atoms with Crippen LogP contribution in [0.25, 0.3) is 10.9 Å². The van der Waals surface area contributed by atoms with Crippen molar-refractivity contribution in [2.45, 2.75) is 13.0 Å². The van der Waals surface area contributed by atoms with Crippen molar-refractivity contribution in [3.05, 3.63) is 88.7 Å². The number of pyridine rings is 2. The lowest BCUT2D eigenvalue weighted by Gasteiger charge is -2.22. The zero-order valence-electron chi connectivity index (χ0n) is 16.1. The zero-order chi connectivity index (χ0) is 20.4. The van der Waals surface area contributed by atoms with Crippen molar-refractivity contribution in [2.75, 3.05) is 12.4 Å². The molecule has 0 saturated heterocycles. The van der Waals surface area contributed by atoms with Gasteiger partial charge in [-0.2, -0.15) is 0 Å². The summed E-state index contributed by atoms with van der Waals surface area (Å²) >= 11 is 6.38. The van der Waals surface area contributed by atoms with Crippen molar-refractivity contribution >= 4 is 28.3 Å². The molecule has 0 spiro atoms. The van der Waals surface area contributed by atoms with Gasteiger partial charge >= 0.3 is 0 Å². The van der Waals surface area contributed by atoms with Crippen LogP contribution in [0, 0.1) is 6.92 Å². The van der Waals surface area contributed by atoms with Crippen molar-refractivity contribution in [1.29, 1.82) is 0 Å². The molecule has 2 aromatic carbocycles. The first kappa shape index (κ1) is 19.0. The summed E-state index contributed by atoms with van der Waals surface area (Å²) in [6.07, 6.45) is 3.41. The van der Waals surface area contributed by atoms with Crippen LogP contribution in [-0.2, 0) is 0 Å². The summed E-state index contributed by atoms with van der Waals surface area (Å²) in [5.41, 5.74) is 3.18. The molecule has 6 heteroatoms. The highest BCUT2D eigenvalue weighted by molar-refractivity contribution is 6.32. The number of aryl methyl sites for hydroxylation is 1. The predicted molar refractivity (Wildman–Crippen MR) is 116 cm³/mol. The first-order valence-corrected chi connectivity index (χ1v) is 9.54. The molecular formula is C23H20ClN3O2. The van der Waals surface area contributed by atoms with E-state index in [1.165, 1.54) is 0 Å². The first-order valence-electron chi connectivity index (χ1n) is 9.16. The Hall–Kier alpha value is -3.31. The number of phenolic OH excluding ortho intramolecular Hbond substituents is 1. The monoisotopic (exact) mass is 405 g/mol. The van der Waals surface area contributed by atoms with E-state index in [9.17, 15) is 5.11 Å². The van der Waals surface area contributed by atoms with Gasteiger partial charge in [-0.05, 0) is 48.4 Å². The summed E-state index contributed by atoms with van der Waals surface area (Å²) in [6.45, 7) is 2.00. The normalized spacial score (nSPS) is 12.0. The number of ether oxygens (including phenoxy) is 1. The van der Waals surface area contributed by atoms with E-state index < -0.39 is 0 Å². The molecule has 4 rings (SSSR count). The average Bonchev–Trinajstić information content (AvgIpc) is 2.73. The Kier molecular flexibility index (Phi) is 5.23. The fraction of sp³-hybridized carbons (Fsp3) is 0.130. The topological polar surface area (TPSA) is 67.3 Å². The molecule has 0 saturated carbocycles. The number of nitrogens with zero attached hydrogens (tertiary/aromatic N) is 2. The van der Waals surface area contributed by atoms with Gasteiger partial charge in [-0.3, -0.25) is 4.98 Å². The molecule has 1 atom stereocenters. The molecular weight excluding hydrogens is 386 g/mol. The van der Waals surface area contributed by atoms with Gasteiger partial charge in [0.1, 0.15) is 22.8 Å². The number of fused-ring (bicyclic) bond motifs is 1. The van der Waals surface area contributed by atoms with Crippen LogP contribution in [0.15, 0.2) is 67.0 Å². The van der Waals surface area contributed by atoms with Gasteiger partial charge in [-0.15, -0.1) is 0 Å². The van der Waals surface area contributed by atoms with Crippen molar-refractivity contribution < 1.29 is 9.84 Å². The number of hydrogen-bond donors (Lipinski definition) is 2. The van der Waals surface area contributed by atoms with Gasteiger partial charge < -0.3 is 15.2 Å². The third kappa shape index (κ3) is 3.82. The molecule has 0 aliphatic carbocycles. The van der Waals surface area contributed by atoms with Gasteiger partial charge in [0.2, 0.25) is 0 Å². The second-order valence-electron chi connectivity index (χ2n) is 6.77. The van der Waals surface area contributed by atoms with Gasteiger partial charge in [0.05, 0.1) is 18.2 Å². The van der Waals surface area contributed by atoms with Crippen molar-refractivity contribution in [1.82, 2.24) is 9.97 Å². The first-order chi connectivity index (χ1) is 14.1. The van der Waals surface area contributed by atoms with Gasteiger partial charge in [0.25, 0.3) is 0 Å². The van der Waals surface area contributed by atoms with E-state index in [1.54, 1.807) is 19.5 Å². The predicted octanol–water partition coefficient (Wildman–Crippen LogP) is 5.51. The number of nitrogens with one attached hydrogen (secondary N) is 1. The summed E-state index contributed by atoms with van der Waals surface area (Å²) in [7, 11) is 1.58. The average molecular weight is 406 g/mol. The molecule has 1 unspecified atom stereocenters. The second-order valence-corrected chi connectivity index (χ2v) is 7.18. The number of anilines is 1. The van der Waals surface area contributed by atoms with Crippen LogP contribution in [0.4, 0.5) is 5.82 Å². The quantitative estimate of drug-likeness (QED) is 0.458. The highest BCUT2D eigenvalue weighted by Gasteiger charge is 2.21. The van der Waals surface area contributed by atoms with Crippen LogP contribution >= 0.6 is 11.6 Å². The Morgan fingerprint density at radius 2 is 1.90 bits per heavy atom. The van der Waals surface area contributed by atoms with E-state index in [4.69, 9.17) is 16.3 Å². The van der Waals surface area contributed by atoms with Crippen molar-refractivity contribution in [3.8, 4) is 11.5 Å². The molecule has 0 aliphatic heterocycles. The van der Waals surface area contributed by atoms with Gasteiger partial charge in [0, 0.05) is 23.3 Å². The fourth-order valence-electron chi connectivity index (χ4n) is 3.34. The maximum absolute atomic E-state index is 11.0. The maximum atomic E-state index is 11.0. The lowest BCUT2D eigenvalue weighted by atomic mass is 9.96. The van der Waals surface area contributed by atoms with E-state index in [0.717, 1.165) is 16.5 Å². The Morgan fingerprint density at radius 3 is 2.66 bits per heavy atom. The number of halogens is 1. The summed E-state index contributed by atoms with van der Waals surface area (Å²) in [5, 5.41) is 15.8. The smallest absolute Gasteiger partial charge is 0.147 e. The Bertz CT molecular complexity index is 1180. The molecule has 5 nitrogen and oxygen atoms in total. The Balaban J connectivity index is 1.86. The number of aromatic hydroxyl groups is 1. The number of hydrogen-bond acceptors (Lipinski definition) is 5. The van der Waals surface area contributed by atoms with Crippen LogP contribution in [0.5, 0.6) is 11.5 Å². The van der Waals surface area contributed by atoms with Crippen LogP contribution < -0.4 is 10.1 Å². The van der Waals surface area contributed by atoms with E-state index >= 15 is 0 Å². The third-order valence-electron chi connectivity index (χ3n) is 4.81. The van der Waals surface area contributed by atoms with Crippen LogP contribution in [0.2, 0.25) is 5.02 Å². The fourth-order valence-corrected chi connectivity index (χ4v) is 3.61. The lowest BCUT2D eigenvalue weighted by molar-refractivity contribution is 0.415. The number of rotatable bonds is 5.